The van der Waals surface area contributed by atoms with Crippen LogP contribution in [0.3, 0.4) is 0 Å². The number of morpholine rings is 1. The van der Waals surface area contributed by atoms with Crippen LogP contribution in [0, 0.1) is 0 Å². The van der Waals surface area contributed by atoms with Crippen LogP contribution in [0.2, 0.25) is 0 Å². The second kappa shape index (κ2) is 5.77. The summed E-state index contributed by atoms with van der Waals surface area (Å²) in [7, 11) is 0. The zero-order valence-corrected chi connectivity index (χ0v) is 10.6. The summed E-state index contributed by atoms with van der Waals surface area (Å²) in [4.78, 5) is 2.40. The van der Waals surface area contributed by atoms with Crippen LogP contribution in [-0.2, 0) is 11.2 Å². The van der Waals surface area contributed by atoms with E-state index in [1.165, 1.54) is 5.56 Å². The van der Waals surface area contributed by atoms with Gasteiger partial charge in [-0.25, -0.2) is 0 Å². The Kier molecular flexibility index (Phi) is 4.35. The Labute approximate surface area is 101 Å². The molecular weight excluding hydrogens is 220 g/mol. The highest BCUT2D eigenvalue weighted by molar-refractivity contribution is 7.07. The molecule has 2 atom stereocenters. The van der Waals surface area contributed by atoms with Gasteiger partial charge in [-0.3, -0.25) is 4.90 Å². The molecule has 2 heterocycles. The molecule has 1 saturated heterocycles. The predicted molar refractivity (Wildman–Crippen MR) is 67.9 cm³/mol. The van der Waals surface area contributed by atoms with Crippen LogP contribution in [0.1, 0.15) is 12.5 Å². The topological polar surface area (TPSA) is 38.5 Å². The van der Waals surface area contributed by atoms with Crippen molar-refractivity contribution in [2.75, 3.05) is 26.2 Å². The van der Waals surface area contributed by atoms with Gasteiger partial charge >= 0.3 is 0 Å². The van der Waals surface area contributed by atoms with Crippen molar-refractivity contribution in [2.24, 2.45) is 5.73 Å². The zero-order chi connectivity index (χ0) is 11.4. The number of thiophene rings is 1. The molecule has 3 nitrogen and oxygen atoms in total. The maximum Gasteiger partial charge on any atom is 0.0856 e. The summed E-state index contributed by atoms with van der Waals surface area (Å²) < 4.78 is 5.76. The van der Waals surface area contributed by atoms with Crippen LogP contribution >= 0.6 is 11.3 Å². The summed E-state index contributed by atoms with van der Waals surface area (Å²) in [5.41, 5.74) is 7.54. The molecule has 2 rings (SSSR count). The maximum atomic E-state index is 6.21. The van der Waals surface area contributed by atoms with Gasteiger partial charge in [-0.1, -0.05) is 6.92 Å². The number of hydrogen-bond acceptors (Lipinski definition) is 4. The van der Waals surface area contributed by atoms with Gasteiger partial charge in [0, 0.05) is 19.1 Å². The first-order valence-electron chi connectivity index (χ1n) is 5.90. The minimum Gasteiger partial charge on any atom is -0.374 e. The number of nitrogens with zero attached hydrogens (tertiary/aromatic N) is 1. The fourth-order valence-corrected chi connectivity index (χ4v) is 2.77. The van der Waals surface area contributed by atoms with E-state index in [2.05, 4.69) is 28.7 Å². The van der Waals surface area contributed by atoms with Crippen molar-refractivity contribution in [3.8, 4) is 0 Å². The molecule has 0 amide bonds. The lowest BCUT2D eigenvalue weighted by Crippen LogP contribution is -2.51. The highest BCUT2D eigenvalue weighted by Crippen LogP contribution is 2.13. The Morgan fingerprint density at radius 2 is 2.56 bits per heavy atom. The van der Waals surface area contributed by atoms with Gasteiger partial charge in [0.15, 0.2) is 0 Å². The first-order valence-corrected chi connectivity index (χ1v) is 6.84. The van der Waals surface area contributed by atoms with Crippen LogP contribution < -0.4 is 5.73 Å². The fourth-order valence-electron chi connectivity index (χ4n) is 2.09. The summed E-state index contributed by atoms with van der Waals surface area (Å²) in [5, 5.41) is 4.27. The van der Waals surface area contributed by atoms with Gasteiger partial charge in [0.1, 0.15) is 0 Å². The molecule has 1 aromatic heterocycles. The van der Waals surface area contributed by atoms with E-state index in [0.29, 0.717) is 0 Å². The van der Waals surface area contributed by atoms with Crippen molar-refractivity contribution in [3.05, 3.63) is 22.4 Å². The summed E-state index contributed by atoms with van der Waals surface area (Å²) >= 11 is 1.73. The van der Waals surface area contributed by atoms with Crippen LogP contribution in [-0.4, -0.2) is 43.3 Å². The van der Waals surface area contributed by atoms with Crippen molar-refractivity contribution in [1.29, 1.82) is 0 Å². The first kappa shape index (κ1) is 12.0. The summed E-state index contributed by atoms with van der Waals surface area (Å²) in [6.45, 7) is 6.10. The van der Waals surface area contributed by atoms with E-state index in [9.17, 15) is 0 Å². The van der Waals surface area contributed by atoms with Gasteiger partial charge in [0.2, 0.25) is 0 Å². The van der Waals surface area contributed by atoms with Gasteiger partial charge < -0.3 is 10.5 Å². The van der Waals surface area contributed by atoms with Gasteiger partial charge in [0.05, 0.1) is 12.7 Å². The van der Waals surface area contributed by atoms with Crippen LogP contribution in [0.25, 0.3) is 0 Å². The van der Waals surface area contributed by atoms with E-state index in [1.54, 1.807) is 11.3 Å². The molecule has 0 radical (unpaired) electrons. The normalized spacial score (nSPS) is 24.5. The number of nitrogens with two attached hydrogens (primary N) is 1. The highest BCUT2D eigenvalue weighted by Gasteiger charge is 2.25. The van der Waals surface area contributed by atoms with E-state index >= 15 is 0 Å². The van der Waals surface area contributed by atoms with Crippen molar-refractivity contribution >= 4 is 11.3 Å². The average molecular weight is 240 g/mol. The lowest BCUT2D eigenvalue weighted by atomic mass is 10.0. The molecule has 1 aliphatic heterocycles. The second-order valence-electron chi connectivity index (χ2n) is 4.30. The third-order valence-corrected chi connectivity index (χ3v) is 3.89. The monoisotopic (exact) mass is 240 g/mol. The molecule has 2 unspecified atom stereocenters. The Bertz CT molecular complexity index is 302. The summed E-state index contributed by atoms with van der Waals surface area (Å²) in [5.74, 6) is 0. The first-order chi connectivity index (χ1) is 7.79. The lowest BCUT2D eigenvalue weighted by Gasteiger charge is -2.35. The Hall–Kier alpha value is -0.420. The quantitative estimate of drug-likeness (QED) is 0.863. The van der Waals surface area contributed by atoms with Crippen molar-refractivity contribution in [2.45, 2.75) is 25.5 Å². The molecule has 1 aliphatic rings. The molecule has 90 valence electrons. The van der Waals surface area contributed by atoms with Crippen molar-refractivity contribution in [3.63, 3.8) is 0 Å². The molecule has 0 spiro atoms. The molecule has 1 fully saturated rings. The lowest BCUT2D eigenvalue weighted by molar-refractivity contribution is -0.0385. The number of ether oxygens (including phenoxy) is 1. The van der Waals surface area contributed by atoms with Crippen LogP contribution in [0.4, 0.5) is 0 Å². The minimum atomic E-state index is 0.115. The van der Waals surface area contributed by atoms with Gasteiger partial charge in [0.25, 0.3) is 0 Å². The smallest absolute Gasteiger partial charge is 0.0856 e. The Morgan fingerprint density at radius 3 is 3.25 bits per heavy atom. The van der Waals surface area contributed by atoms with E-state index in [0.717, 1.165) is 32.7 Å². The standard InChI is InChI=1S/C12H20N2OS/c1-2-14-4-5-15-12(8-14)11(13)7-10-3-6-16-9-10/h3,6,9,11-12H,2,4-5,7-8,13H2,1H3. The summed E-state index contributed by atoms with van der Waals surface area (Å²) in [6, 6.07) is 2.26. The van der Waals surface area contributed by atoms with E-state index < -0.39 is 0 Å². The molecule has 2 N–H and O–H groups in total. The molecule has 0 saturated carbocycles. The van der Waals surface area contributed by atoms with Gasteiger partial charge in [-0.05, 0) is 35.4 Å². The predicted octanol–water partition coefficient (Wildman–Crippen LogP) is 1.34. The van der Waals surface area contributed by atoms with Crippen LogP contribution in [0.5, 0.6) is 0 Å². The largest absolute Gasteiger partial charge is 0.374 e. The molecule has 1 aromatic rings. The molecule has 0 aromatic carbocycles. The second-order valence-corrected chi connectivity index (χ2v) is 5.08. The number of hydrogen-bond donors (Lipinski definition) is 1. The molecule has 16 heavy (non-hydrogen) atoms. The molecular formula is C12H20N2OS. The van der Waals surface area contributed by atoms with E-state index in [4.69, 9.17) is 10.5 Å². The van der Waals surface area contributed by atoms with Gasteiger partial charge in [-0.2, -0.15) is 11.3 Å². The van der Waals surface area contributed by atoms with Crippen molar-refractivity contribution < 1.29 is 4.74 Å². The molecule has 0 bridgehead atoms. The Balaban J connectivity index is 1.86. The molecule has 4 heteroatoms. The highest BCUT2D eigenvalue weighted by atomic mass is 32.1. The minimum absolute atomic E-state index is 0.115. The third-order valence-electron chi connectivity index (χ3n) is 3.15. The number of likely N-dealkylation sites (N-methyl/N-ethyl adjacent to an activating group) is 1. The van der Waals surface area contributed by atoms with Gasteiger partial charge in [-0.15, -0.1) is 0 Å². The van der Waals surface area contributed by atoms with E-state index in [1.807, 2.05) is 0 Å². The fraction of sp³-hybridized carbons (Fsp3) is 0.667. The number of rotatable bonds is 4. The van der Waals surface area contributed by atoms with Crippen molar-refractivity contribution in [1.82, 2.24) is 4.90 Å². The maximum absolute atomic E-state index is 6.21. The van der Waals surface area contributed by atoms with E-state index in [-0.39, 0.29) is 12.1 Å². The SMILES string of the molecule is CCN1CCOC(C(N)Cc2ccsc2)C1. The molecule has 0 aliphatic carbocycles. The average Bonchev–Trinajstić information content (AvgIpc) is 2.82. The Morgan fingerprint density at radius 1 is 1.69 bits per heavy atom. The summed E-state index contributed by atoms with van der Waals surface area (Å²) in [6.07, 6.45) is 1.11. The third kappa shape index (κ3) is 3.04. The zero-order valence-electron chi connectivity index (χ0n) is 9.76. The van der Waals surface area contributed by atoms with Crippen LogP contribution in [0.15, 0.2) is 16.8 Å².